The van der Waals surface area contributed by atoms with Gasteiger partial charge in [0.2, 0.25) is 5.91 Å². The van der Waals surface area contributed by atoms with Crippen LogP contribution in [0.1, 0.15) is 24.8 Å². The number of hydrogen-bond donors (Lipinski definition) is 2. The highest BCUT2D eigenvalue weighted by Crippen LogP contribution is 2.36. The monoisotopic (exact) mass is 398 g/mol. The van der Waals surface area contributed by atoms with Gasteiger partial charge in [-0.25, -0.2) is 0 Å². The van der Waals surface area contributed by atoms with Crippen LogP contribution >= 0.6 is 0 Å². The van der Waals surface area contributed by atoms with Gasteiger partial charge in [-0.05, 0) is 30.5 Å². The lowest BCUT2D eigenvalue weighted by Crippen LogP contribution is -3.14. The van der Waals surface area contributed by atoms with Gasteiger partial charge in [-0.3, -0.25) is 4.79 Å². The van der Waals surface area contributed by atoms with Crippen LogP contribution in [0.4, 0.5) is 0 Å². The van der Waals surface area contributed by atoms with Crippen LogP contribution < -0.4 is 27.4 Å². The van der Waals surface area contributed by atoms with Crippen LogP contribution in [0, 0.1) is 0 Å². The zero-order chi connectivity index (χ0) is 18.2. The van der Waals surface area contributed by atoms with Gasteiger partial charge < -0.3 is 36.8 Å². The van der Waals surface area contributed by atoms with E-state index in [1.807, 2.05) is 24.3 Å². The molecule has 7 heteroatoms. The van der Waals surface area contributed by atoms with E-state index in [-0.39, 0.29) is 18.3 Å². The average Bonchev–Trinajstić information content (AvgIpc) is 2.72. The summed E-state index contributed by atoms with van der Waals surface area (Å²) in [5, 5.41) is 3.19. The molecule has 2 aliphatic heterocycles. The zero-order valence-corrected chi connectivity index (χ0v) is 16.9. The summed E-state index contributed by atoms with van der Waals surface area (Å²) in [6, 6.07) is 7.90. The van der Waals surface area contributed by atoms with Gasteiger partial charge in [-0.2, -0.15) is 0 Å². The van der Waals surface area contributed by atoms with E-state index in [0.29, 0.717) is 13.2 Å². The molecule has 2 fully saturated rings. The van der Waals surface area contributed by atoms with Gasteiger partial charge in [0.15, 0.2) is 0 Å². The van der Waals surface area contributed by atoms with Crippen LogP contribution in [0.15, 0.2) is 24.3 Å². The fourth-order valence-corrected chi connectivity index (χ4v) is 3.90. The third kappa shape index (κ3) is 5.57. The molecule has 0 radical (unpaired) electrons. The van der Waals surface area contributed by atoms with E-state index in [1.54, 1.807) is 12.0 Å². The van der Waals surface area contributed by atoms with Gasteiger partial charge in [0, 0.05) is 26.2 Å². The number of amides is 1. The van der Waals surface area contributed by atoms with E-state index >= 15 is 0 Å². The number of ether oxygens (including phenoxy) is 3. The van der Waals surface area contributed by atoms with Gasteiger partial charge in [0.25, 0.3) is 0 Å². The van der Waals surface area contributed by atoms with Crippen LogP contribution in [0.25, 0.3) is 0 Å². The maximum Gasteiger partial charge on any atom is 0.230 e. The number of hydrogen-bond acceptors (Lipinski definition) is 4. The second-order valence-electron chi connectivity index (χ2n) is 7.14. The number of morpholine rings is 1. The second kappa shape index (κ2) is 10.9. The summed E-state index contributed by atoms with van der Waals surface area (Å²) >= 11 is 0. The molecule has 0 saturated carbocycles. The second-order valence-corrected chi connectivity index (χ2v) is 7.14. The predicted octanol–water partition coefficient (Wildman–Crippen LogP) is -2.83. The molecule has 2 aliphatic rings. The van der Waals surface area contributed by atoms with Crippen molar-refractivity contribution in [2.24, 2.45) is 0 Å². The molecule has 2 N–H and O–H groups in total. The molecule has 0 aliphatic carbocycles. The summed E-state index contributed by atoms with van der Waals surface area (Å²) < 4.78 is 16.2. The van der Waals surface area contributed by atoms with Crippen molar-refractivity contribution < 1.29 is 36.3 Å². The van der Waals surface area contributed by atoms with Gasteiger partial charge in [0.1, 0.15) is 18.8 Å². The zero-order valence-electron chi connectivity index (χ0n) is 16.1. The summed E-state index contributed by atoms with van der Waals surface area (Å²) in [5.41, 5.74) is 0.564. The molecule has 2 heterocycles. The van der Waals surface area contributed by atoms with Crippen LogP contribution in [-0.2, 0) is 19.7 Å². The van der Waals surface area contributed by atoms with Crippen molar-refractivity contribution in [2.75, 3.05) is 59.7 Å². The molecule has 2 saturated heterocycles. The van der Waals surface area contributed by atoms with E-state index < -0.39 is 5.41 Å². The molecule has 0 bridgehead atoms. The Bertz CT molecular complexity index is 570. The first-order valence-corrected chi connectivity index (χ1v) is 9.66. The Kier molecular flexibility index (Phi) is 8.83. The third-order valence-corrected chi connectivity index (χ3v) is 5.62. The summed E-state index contributed by atoms with van der Waals surface area (Å²) in [6.07, 6.45) is 2.44. The van der Waals surface area contributed by atoms with Crippen molar-refractivity contribution in [3.8, 4) is 5.75 Å². The smallest absolute Gasteiger partial charge is 0.230 e. The first kappa shape index (κ1) is 22.0. The molecule has 0 spiro atoms. The van der Waals surface area contributed by atoms with Crippen molar-refractivity contribution >= 4 is 5.91 Å². The lowest BCUT2D eigenvalue weighted by atomic mass is 9.73. The normalized spacial score (nSPS) is 19.7. The first-order valence-electron chi connectivity index (χ1n) is 9.66. The first-order chi connectivity index (χ1) is 12.7. The molecule has 0 unspecified atom stereocenters. The van der Waals surface area contributed by atoms with E-state index in [2.05, 4.69) is 5.32 Å². The van der Waals surface area contributed by atoms with E-state index in [9.17, 15) is 4.79 Å². The molecule has 1 aromatic carbocycles. The fraction of sp³-hybridized carbons (Fsp3) is 0.650. The minimum absolute atomic E-state index is 0. The standard InChI is InChI=1S/C20H30N2O4.ClH/c1-24-18-5-3-17(4-6-18)20(7-13-25-14-8-20)19(23)21-9-2-10-22-11-15-26-16-12-22;/h3-6H,2,7-16H2,1H3,(H,21,23);1H. The highest BCUT2D eigenvalue weighted by molar-refractivity contribution is 5.88. The summed E-state index contributed by atoms with van der Waals surface area (Å²) in [7, 11) is 1.66. The number of quaternary nitrogens is 1. The van der Waals surface area contributed by atoms with Crippen LogP contribution in [0.5, 0.6) is 5.75 Å². The number of nitrogens with one attached hydrogen (secondary N) is 2. The molecule has 152 valence electrons. The van der Waals surface area contributed by atoms with E-state index in [4.69, 9.17) is 14.2 Å². The number of benzene rings is 1. The van der Waals surface area contributed by atoms with Crippen molar-refractivity contribution in [3.05, 3.63) is 29.8 Å². The maximum absolute atomic E-state index is 13.1. The lowest BCUT2D eigenvalue weighted by molar-refractivity contribution is -0.908. The fourth-order valence-electron chi connectivity index (χ4n) is 3.90. The number of halogens is 1. The lowest BCUT2D eigenvalue weighted by Gasteiger charge is -2.36. The Labute approximate surface area is 167 Å². The largest absolute Gasteiger partial charge is 1.00 e. The Morgan fingerprint density at radius 1 is 1.11 bits per heavy atom. The number of carbonyl (C=O) groups is 1. The highest BCUT2D eigenvalue weighted by atomic mass is 35.5. The topological polar surface area (TPSA) is 61.2 Å². The molecule has 6 nitrogen and oxygen atoms in total. The van der Waals surface area contributed by atoms with Crippen molar-refractivity contribution in [1.82, 2.24) is 5.32 Å². The molecular formula is C20H31ClN2O4. The average molecular weight is 399 g/mol. The minimum atomic E-state index is -0.490. The summed E-state index contributed by atoms with van der Waals surface area (Å²) in [6.45, 7) is 6.89. The van der Waals surface area contributed by atoms with Crippen LogP contribution in [-0.4, -0.2) is 65.6 Å². The SMILES string of the molecule is COc1ccc(C2(C(=O)NCCC[NH+]3CCOCC3)CCOCC2)cc1.[Cl-]. The number of carbonyl (C=O) groups excluding carboxylic acids is 1. The molecule has 1 aromatic rings. The molecule has 3 rings (SSSR count). The Hall–Kier alpha value is -1.34. The Morgan fingerprint density at radius 2 is 1.74 bits per heavy atom. The van der Waals surface area contributed by atoms with Gasteiger partial charge in [-0.15, -0.1) is 0 Å². The van der Waals surface area contributed by atoms with Gasteiger partial charge in [-0.1, -0.05) is 12.1 Å². The predicted molar refractivity (Wildman–Crippen MR) is 98.7 cm³/mol. The summed E-state index contributed by atoms with van der Waals surface area (Å²) in [4.78, 5) is 14.7. The molecule has 27 heavy (non-hydrogen) atoms. The maximum atomic E-state index is 13.1. The quantitative estimate of drug-likeness (QED) is 0.486. The van der Waals surface area contributed by atoms with Crippen molar-refractivity contribution in [3.63, 3.8) is 0 Å². The Balaban J connectivity index is 0.00000261. The molecule has 1 amide bonds. The third-order valence-electron chi connectivity index (χ3n) is 5.62. The number of rotatable bonds is 7. The van der Waals surface area contributed by atoms with E-state index in [0.717, 1.165) is 70.0 Å². The minimum Gasteiger partial charge on any atom is -1.00 e. The number of methoxy groups -OCH3 is 1. The van der Waals surface area contributed by atoms with Gasteiger partial charge in [0.05, 0.1) is 32.3 Å². The molecule has 0 aromatic heterocycles. The van der Waals surface area contributed by atoms with Crippen LogP contribution in [0.3, 0.4) is 0 Å². The van der Waals surface area contributed by atoms with E-state index in [1.165, 1.54) is 0 Å². The molecule has 0 atom stereocenters. The summed E-state index contributed by atoms with van der Waals surface area (Å²) in [5.74, 6) is 0.938. The molecular weight excluding hydrogens is 368 g/mol. The van der Waals surface area contributed by atoms with Gasteiger partial charge >= 0.3 is 0 Å². The highest BCUT2D eigenvalue weighted by Gasteiger charge is 2.41. The van der Waals surface area contributed by atoms with Crippen molar-refractivity contribution in [1.29, 1.82) is 0 Å². The van der Waals surface area contributed by atoms with Crippen molar-refractivity contribution in [2.45, 2.75) is 24.7 Å². The van der Waals surface area contributed by atoms with Crippen LogP contribution in [0.2, 0.25) is 0 Å². The Morgan fingerprint density at radius 3 is 2.37 bits per heavy atom.